The average molecular weight is 567 g/mol. The Morgan fingerprint density at radius 1 is 1.10 bits per heavy atom. The van der Waals surface area contributed by atoms with E-state index in [1.165, 1.54) is 0 Å². The van der Waals surface area contributed by atoms with Crippen LogP contribution in [-0.2, 0) is 20.7 Å². The number of rotatable bonds is 7. The lowest BCUT2D eigenvalue weighted by molar-refractivity contribution is -0.126. The monoisotopic (exact) mass is 566 g/mol. The van der Waals surface area contributed by atoms with E-state index in [1.807, 2.05) is 26.8 Å². The molecule has 1 saturated carbocycles. The van der Waals surface area contributed by atoms with Gasteiger partial charge >= 0.3 is 6.09 Å². The molecule has 0 radical (unpaired) electrons. The fourth-order valence-corrected chi connectivity index (χ4v) is 8.10. The van der Waals surface area contributed by atoms with Crippen molar-refractivity contribution in [3.8, 4) is 6.07 Å². The van der Waals surface area contributed by atoms with Gasteiger partial charge in [0.2, 0.25) is 0 Å². The van der Waals surface area contributed by atoms with Crippen molar-refractivity contribution in [3.05, 3.63) is 29.6 Å². The number of fused-ring (bicyclic) bond motifs is 4. The zero-order valence-corrected chi connectivity index (χ0v) is 24.6. The van der Waals surface area contributed by atoms with Crippen LogP contribution in [0.3, 0.4) is 0 Å². The zero-order valence-electron chi connectivity index (χ0n) is 24.6. The first kappa shape index (κ1) is 28.4. The molecular formula is C32H43FN4O4. The number of ketones is 1. The Hall–Kier alpha value is -2.70. The first-order chi connectivity index (χ1) is 19.6. The van der Waals surface area contributed by atoms with E-state index in [4.69, 9.17) is 9.47 Å². The maximum atomic E-state index is 15.5. The summed E-state index contributed by atoms with van der Waals surface area (Å²) in [6.45, 7) is 9.07. The normalized spacial score (nSPS) is 31.9. The molecule has 4 saturated heterocycles. The molecule has 7 atom stereocenters. The molecular weight excluding hydrogens is 523 g/mol. The Morgan fingerprint density at radius 3 is 2.46 bits per heavy atom. The highest BCUT2D eigenvalue weighted by molar-refractivity contribution is 5.89. The predicted octanol–water partition coefficient (Wildman–Crippen LogP) is 4.70. The highest BCUT2D eigenvalue weighted by Gasteiger charge is 2.52. The van der Waals surface area contributed by atoms with E-state index < -0.39 is 23.7 Å². The molecule has 4 aliphatic heterocycles. The summed E-state index contributed by atoms with van der Waals surface area (Å²) in [7, 11) is 0. The van der Waals surface area contributed by atoms with E-state index in [9.17, 15) is 14.9 Å². The van der Waals surface area contributed by atoms with Gasteiger partial charge in [0.15, 0.2) is 5.78 Å². The Kier molecular flexibility index (Phi) is 7.75. The van der Waals surface area contributed by atoms with Crippen molar-refractivity contribution < 1.29 is 23.5 Å². The molecule has 1 amide bonds. The fourth-order valence-electron chi connectivity index (χ4n) is 8.10. The van der Waals surface area contributed by atoms with Gasteiger partial charge in [0.05, 0.1) is 24.6 Å². The lowest BCUT2D eigenvalue weighted by Gasteiger charge is -2.44. The van der Waals surface area contributed by atoms with E-state index in [1.54, 1.807) is 17.0 Å². The standard InChI is InChI=1S/C32H43FN4O4/c1-32(2,3)41-31(39)37-23-7-5-22(14-23)30(37)29(38)13-20(16-34)12-21-4-6-24(15-28(21)33)36-25-8-9-26(36)18-35(17-25)27-10-11-40-19-27/h4,6,15,20,22-23,25-27,30H,5,7-14,17-19H2,1-3H3/t20-,22+,23-,25?,26?,27?,30+/m1/s1. The third-order valence-electron chi connectivity index (χ3n) is 9.88. The minimum Gasteiger partial charge on any atom is -0.444 e. The first-order valence-corrected chi connectivity index (χ1v) is 15.4. The van der Waals surface area contributed by atoms with E-state index in [-0.39, 0.29) is 36.4 Å². The number of likely N-dealkylation sites (tertiary alicyclic amines) is 2. The average Bonchev–Trinajstić information content (AvgIpc) is 3.72. The predicted molar refractivity (Wildman–Crippen MR) is 152 cm³/mol. The number of nitrogens with zero attached hydrogens (tertiary/aromatic N) is 4. The lowest BCUT2D eigenvalue weighted by Crippen LogP contribution is -2.56. The summed E-state index contributed by atoms with van der Waals surface area (Å²) in [5.41, 5.74) is 0.712. The van der Waals surface area contributed by atoms with Gasteiger partial charge in [-0.1, -0.05) is 6.07 Å². The molecule has 41 heavy (non-hydrogen) atoms. The molecule has 222 valence electrons. The van der Waals surface area contributed by atoms with Crippen molar-refractivity contribution in [2.24, 2.45) is 11.8 Å². The van der Waals surface area contributed by atoms with Gasteiger partial charge in [0.25, 0.3) is 0 Å². The molecule has 1 aliphatic carbocycles. The molecule has 5 fully saturated rings. The number of amides is 1. The van der Waals surface area contributed by atoms with Gasteiger partial charge in [-0.25, -0.2) is 9.18 Å². The topological polar surface area (TPSA) is 86.1 Å². The van der Waals surface area contributed by atoms with Crippen LogP contribution in [0.15, 0.2) is 18.2 Å². The largest absolute Gasteiger partial charge is 0.444 e. The highest BCUT2D eigenvalue weighted by Crippen LogP contribution is 2.44. The van der Waals surface area contributed by atoms with Crippen molar-refractivity contribution in [1.29, 1.82) is 5.26 Å². The van der Waals surface area contributed by atoms with Crippen molar-refractivity contribution in [2.45, 2.75) is 108 Å². The summed E-state index contributed by atoms with van der Waals surface area (Å²) in [5, 5.41) is 9.93. The van der Waals surface area contributed by atoms with Crippen molar-refractivity contribution >= 4 is 17.6 Å². The summed E-state index contributed by atoms with van der Waals surface area (Å²) in [6, 6.07) is 8.33. The number of ether oxygens (including phenoxy) is 2. The summed E-state index contributed by atoms with van der Waals surface area (Å²) < 4.78 is 26.7. The van der Waals surface area contributed by atoms with Gasteiger partial charge in [-0.3, -0.25) is 14.6 Å². The smallest absolute Gasteiger partial charge is 0.411 e. The van der Waals surface area contributed by atoms with E-state index in [0.29, 0.717) is 23.7 Å². The number of piperazine rings is 1. The summed E-state index contributed by atoms with van der Waals surface area (Å²) in [6.07, 6.45) is 5.60. The van der Waals surface area contributed by atoms with Crippen molar-refractivity contribution in [1.82, 2.24) is 9.80 Å². The van der Waals surface area contributed by atoms with Crippen LogP contribution in [0.4, 0.5) is 14.9 Å². The number of hydrogen-bond acceptors (Lipinski definition) is 7. The van der Waals surface area contributed by atoms with Gasteiger partial charge in [-0.15, -0.1) is 0 Å². The molecule has 5 aliphatic rings. The number of halogens is 1. The number of Topliss-reactive ketones (excluding diaryl/α,β-unsaturated/α-hetero) is 1. The maximum absolute atomic E-state index is 15.5. The number of benzene rings is 1. The second-order valence-electron chi connectivity index (χ2n) is 13.8. The molecule has 0 spiro atoms. The van der Waals surface area contributed by atoms with Gasteiger partial charge in [0.1, 0.15) is 11.4 Å². The van der Waals surface area contributed by atoms with Crippen molar-refractivity contribution in [2.75, 3.05) is 31.2 Å². The number of hydrogen-bond donors (Lipinski definition) is 0. The Morgan fingerprint density at radius 2 is 1.83 bits per heavy atom. The van der Waals surface area contributed by atoms with E-state index in [2.05, 4.69) is 15.9 Å². The zero-order chi connectivity index (χ0) is 28.9. The molecule has 1 aromatic carbocycles. The van der Waals surface area contributed by atoms with Crippen LogP contribution in [0.25, 0.3) is 0 Å². The maximum Gasteiger partial charge on any atom is 0.411 e. The van der Waals surface area contributed by atoms with Gasteiger partial charge in [0, 0.05) is 56.0 Å². The molecule has 0 N–H and O–H groups in total. The number of anilines is 1. The highest BCUT2D eigenvalue weighted by atomic mass is 19.1. The van der Waals surface area contributed by atoms with Gasteiger partial charge in [-0.2, -0.15) is 5.26 Å². The molecule has 8 nitrogen and oxygen atoms in total. The SMILES string of the molecule is CC(C)(C)OC(=O)N1[C@@H]2CC[C@@H](C2)[C@H]1C(=O)C[C@H](C#N)Cc1ccc(N2C3CCC2CN(C2CCOC2)C3)cc1F. The Labute approximate surface area is 242 Å². The van der Waals surface area contributed by atoms with E-state index >= 15 is 4.39 Å². The lowest BCUT2D eigenvalue weighted by atomic mass is 9.88. The number of carbonyl (C=O) groups is 2. The van der Waals surface area contributed by atoms with Crippen LogP contribution >= 0.6 is 0 Å². The fraction of sp³-hybridized carbons (Fsp3) is 0.719. The van der Waals surface area contributed by atoms with Crippen LogP contribution in [0, 0.1) is 29.0 Å². The third-order valence-corrected chi connectivity index (χ3v) is 9.88. The van der Waals surface area contributed by atoms with Crippen LogP contribution in [-0.4, -0.2) is 83.8 Å². The van der Waals surface area contributed by atoms with Gasteiger partial charge < -0.3 is 14.4 Å². The van der Waals surface area contributed by atoms with Crippen LogP contribution in [0.1, 0.15) is 71.3 Å². The molecule has 6 rings (SSSR count). The second kappa shape index (κ2) is 11.2. The Balaban J connectivity index is 1.10. The summed E-state index contributed by atoms with van der Waals surface area (Å²) in [5.74, 6) is -0.992. The number of nitriles is 1. The van der Waals surface area contributed by atoms with Crippen LogP contribution < -0.4 is 4.90 Å². The second-order valence-corrected chi connectivity index (χ2v) is 13.8. The minimum absolute atomic E-state index is 0.00185. The number of carbonyl (C=O) groups excluding carboxylic acids is 2. The van der Waals surface area contributed by atoms with Gasteiger partial charge in [-0.05, 0) is 89.3 Å². The van der Waals surface area contributed by atoms with Crippen molar-refractivity contribution in [3.63, 3.8) is 0 Å². The van der Waals surface area contributed by atoms with E-state index in [0.717, 1.165) is 70.5 Å². The molecule has 9 heteroatoms. The molecule has 0 aromatic heterocycles. The van der Waals surface area contributed by atoms with Crippen LogP contribution in [0.5, 0.6) is 0 Å². The minimum atomic E-state index is -0.657. The molecule has 1 aromatic rings. The quantitative estimate of drug-likeness (QED) is 0.473. The van der Waals surface area contributed by atoms with Crippen LogP contribution in [0.2, 0.25) is 0 Å². The molecule has 4 bridgehead atoms. The molecule has 4 heterocycles. The third kappa shape index (κ3) is 5.70. The Bertz CT molecular complexity index is 1190. The molecule has 3 unspecified atom stereocenters. The summed E-state index contributed by atoms with van der Waals surface area (Å²) >= 11 is 0. The number of piperidine rings is 1. The first-order valence-electron chi connectivity index (χ1n) is 15.4. The summed E-state index contributed by atoms with van der Waals surface area (Å²) in [4.78, 5) is 33.1.